The molecule has 0 aliphatic heterocycles. The molecule has 0 saturated heterocycles. The van der Waals surface area contributed by atoms with E-state index in [-0.39, 0.29) is 11.8 Å². The molecule has 0 aromatic rings. The summed E-state index contributed by atoms with van der Waals surface area (Å²) in [6.45, 7) is 3.81. The van der Waals surface area contributed by atoms with Gasteiger partial charge in [-0.25, -0.2) is 13.1 Å². The minimum absolute atomic E-state index is 0.0605. The van der Waals surface area contributed by atoms with E-state index in [0.29, 0.717) is 19.4 Å². The molecule has 0 fully saturated rings. The average molecular weight is 239 g/mol. The summed E-state index contributed by atoms with van der Waals surface area (Å²) in [4.78, 5) is 0. The smallest absolute Gasteiger partial charge is 0.211 e. The summed E-state index contributed by atoms with van der Waals surface area (Å²) in [5.41, 5.74) is 0. The van der Waals surface area contributed by atoms with E-state index in [9.17, 15) is 8.42 Å². The summed E-state index contributed by atoms with van der Waals surface area (Å²) in [7, 11) is -1.70. The van der Waals surface area contributed by atoms with Gasteiger partial charge in [0, 0.05) is 19.8 Å². The highest BCUT2D eigenvalue weighted by molar-refractivity contribution is 7.89. The van der Waals surface area contributed by atoms with Crippen LogP contribution in [0.15, 0.2) is 0 Å². The zero-order chi connectivity index (χ0) is 11.9. The zero-order valence-electron chi connectivity index (χ0n) is 9.56. The fraction of sp³-hybridized carbons (Fsp3) is 1.00. The van der Waals surface area contributed by atoms with Crippen molar-refractivity contribution in [2.45, 2.75) is 38.8 Å². The van der Waals surface area contributed by atoms with Gasteiger partial charge in [-0.05, 0) is 26.7 Å². The van der Waals surface area contributed by atoms with Gasteiger partial charge in [0.25, 0.3) is 0 Å². The Morgan fingerprint density at radius 1 is 1.40 bits per heavy atom. The maximum atomic E-state index is 11.4. The van der Waals surface area contributed by atoms with Gasteiger partial charge in [-0.3, -0.25) is 0 Å². The fourth-order valence-corrected chi connectivity index (χ4v) is 2.64. The summed E-state index contributed by atoms with van der Waals surface area (Å²) >= 11 is 0. The van der Waals surface area contributed by atoms with E-state index in [4.69, 9.17) is 9.84 Å². The SMILES string of the molecule is COCCCS(=O)(=O)NC(C)CC(C)O. The number of hydrogen-bond acceptors (Lipinski definition) is 4. The number of rotatable bonds is 8. The summed E-state index contributed by atoms with van der Waals surface area (Å²) < 4.78 is 30.2. The molecule has 0 aromatic heterocycles. The Hall–Kier alpha value is -0.170. The molecule has 5 nitrogen and oxygen atoms in total. The van der Waals surface area contributed by atoms with Crippen molar-refractivity contribution in [1.29, 1.82) is 0 Å². The highest BCUT2D eigenvalue weighted by Crippen LogP contribution is 2.00. The van der Waals surface area contributed by atoms with E-state index >= 15 is 0 Å². The van der Waals surface area contributed by atoms with Gasteiger partial charge in [-0.15, -0.1) is 0 Å². The zero-order valence-corrected chi connectivity index (χ0v) is 10.4. The summed E-state index contributed by atoms with van der Waals surface area (Å²) in [6.07, 6.45) is 0.401. The standard InChI is InChI=1S/C9H21NO4S/c1-8(7-9(2)11)10-15(12,13)6-4-5-14-3/h8-11H,4-7H2,1-3H3. The van der Waals surface area contributed by atoms with Crippen LogP contribution < -0.4 is 4.72 Å². The number of aliphatic hydroxyl groups is 1. The Balaban J connectivity index is 3.91. The molecule has 0 bridgehead atoms. The van der Waals surface area contributed by atoms with Crippen LogP contribution in [0.4, 0.5) is 0 Å². The molecule has 0 spiro atoms. The molecule has 0 aliphatic rings. The molecule has 92 valence electrons. The maximum absolute atomic E-state index is 11.4. The van der Waals surface area contributed by atoms with Crippen LogP contribution in [0.25, 0.3) is 0 Å². The number of hydrogen-bond donors (Lipinski definition) is 2. The van der Waals surface area contributed by atoms with Crippen LogP contribution in [0.2, 0.25) is 0 Å². The molecule has 0 amide bonds. The van der Waals surface area contributed by atoms with E-state index in [1.54, 1.807) is 13.8 Å². The summed E-state index contributed by atoms with van der Waals surface area (Å²) in [6, 6.07) is -0.238. The molecule has 15 heavy (non-hydrogen) atoms. The third-order valence-electron chi connectivity index (χ3n) is 1.84. The number of ether oxygens (including phenoxy) is 1. The van der Waals surface area contributed by atoms with Crippen molar-refractivity contribution in [3.05, 3.63) is 0 Å². The predicted molar refractivity (Wildman–Crippen MR) is 59.2 cm³/mol. The minimum atomic E-state index is -3.24. The van der Waals surface area contributed by atoms with Crippen molar-refractivity contribution in [3.63, 3.8) is 0 Å². The van der Waals surface area contributed by atoms with Gasteiger partial charge >= 0.3 is 0 Å². The monoisotopic (exact) mass is 239 g/mol. The van der Waals surface area contributed by atoms with E-state index in [1.165, 1.54) is 7.11 Å². The molecule has 0 saturated carbocycles. The van der Waals surface area contributed by atoms with Gasteiger partial charge in [0.2, 0.25) is 10.0 Å². The highest BCUT2D eigenvalue weighted by Gasteiger charge is 2.15. The molecule has 0 heterocycles. The van der Waals surface area contributed by atoms with Crippen molar-refractivity contribution in [3.8, 4) is 0 Å². The van der Waals surface area contributed by atoms with Crippen molar-refractivity contribution >= 4 is 10.0 Å². The number of nitrogens with one attached hydrogen (secondary N) is 1. The van der Waals surface area contributed by atoms with E-state index in [0.717, 1.165) is 0 Å². The lowest BCUT2D eigenvalue weighted by molar-refractivity contribution is 0.174. The number of methoxy groups -OCH3 is 1. The Morgan fingerprint density at radius 3 is 2.47 bits per heavy atom. The molecular weight excluding hydrogens is 218 g/mol. The first-order chi connectivity index (χ1) is 6.87. The van der Waals surface area contributed by atoms with Crippen molar-refractivity contribution in [2.75, 3.05) is 19.5 Å². The molecule has 2 atom stereocenters. The number of aliphatic hydroxyl groups excluding tert-OH is 1. The molecule has 2 unspecified atom stereocenters. The normalized spacial score (nSPS) is 16.3. The Morgan fingerprint density at radius 2 is 2.00 bits per heavy atom. The van der Waals surface area contributed by atoms with Gasteiger partial charge in [-0.1, -0.05) is 0 Å². The van der Waals surface area contributed by atoms with Gasteiger partial charge in [0.15, 0.2) is 0 Å². The predicted octanol–water partition coefficient (Wildman–Crippen LogP) is 0.102. The summed E-state index contributed by atoms with van der Waals surface area (Å²) in [5.74, 6) is 0.0605. The summed E-state index contributed by atoms with van der Waals surface area (Å²) in [5, 5.41) is 9.08. The van der Waals surface area contributed by atoms with Crippen LogP contribution in [-0.2, 0) is 14.8 Å². The molecule has 6 heteroatoms. The molecule has 2 N–H and O–H groups in total. The van der Waals surface area contributed by atoms with Crippen LogP contribution in [0, 0.1) is 0 Å². The third-order valence-corrected chi connectivity index (χ3v) is 3.42. The Kier molecular flexibility index (Phi) is 7.08. The van der Waals surface area contributed by atoms with Crippen molar-refractivity contribution in [2.24, 2.45) is 0 Å². The van der Waals surface area contributed by atoms with Crippen LogP contribution >= 0.6 is 0 Å². The van der Waals surface area contributed by atoms with E-state index in [2.05, 4.69) is 4.72 Å². The van der Waals surface area contributed by atoms with Gasteiger partial charge in [-0.2, -0.15) is 0 Å². The second-order valence-corrected chi connectivity index (χ2v) is 5.64. The number of sulfonamides is 1. The second kappa shape index (κ2) is 7.16. The van der Waals surface area contributed by atoms with Crippen LogP contribution in [-0.4, -0.2) is 45.1 Å². The Labute approximate surface area is 91.9 Å². The first kappa shape index (κ1) is 14.8. The largest absolute Gasteiger partial charge is 0.393 e. The van der Waals surface area contributed by atoms with Gasteiger partial charge < -0.3 is 9.84 Å². The van der Waals surface area contributed by atoms with Crippen molar-refractivity contribution in [1.82, 2.24) is 4.72 Å². The lowest BCUT2D eigenvalue weighted by Crippen LogP contribution is -2.36. The minimum Gasteiger partial charge on any atom is -0.393 e. The lowest BCUT2D eigenvalue weighted by Gasteiger charge is -2.15. The average Bonchev–Trinajstić information content (AvgIpc) is 2.00. The quantitative estimate of drug-likeness (QED) is 0.589. The molecular formula is C9H21NO4S. The molecule has 0 aromatic carbocycles. The third kappa shape index (κ3) is 8.80. The molecule has 0 rings (SSSR count). The first-order valence-corrected chi connectivity index (χ1v) is 6.69. The Bertz CT molecular complexity index is 251. The van der Waals surface area contributed by atoms with E-state index < -0.39 is 16.1 Å². The first-order valence-electron chi connectivity index (χ1n) is 5.04. The van der Waals surface area contributed by atoms with Gasteiger partial charge in [0.05, 0.1) is 11.9 Å². The molecule has 0 aliphatic carbocycles. The second-order valence-electron chi connectivity index (χ2n) is 3.77. The highest BCUT2D eigenvalue weighted by atomic mass is 32.2. The lowest BCUT2D eigenvalue weighted by atomic mass is 10.2. The topological polar surface area (TPSA) is 75.6 Å². The van der Waals surface area contributed by atoms with Crippen LogP contribution in [0.5, 0.6) is 0 Å². The van der Waals surface area contributed by atoms with E-state index in [1.807, 2.05) is 0 Å². The van der Waals surface area contributed by atoms with Crippen LogP contribution in [0.1, 0.15) is 26.7 Å². The van der Waals surface area contributed by atoms with Gasteiger partial charge in [0.1, 0.15) is 0 Å². The van der Waals surface area contributed by atoms with Crippen LogP contribution in [0.3, 0.4) is 0 Å². The van der Waals surface area contributed by atoms with Crippen molar-refractivity contribution < 1.29 is 18.3 Å². The fourth-order valence-electron chi connectivity index (χ4n) is 1.32. The molecule has 0 radical (unpaired) electrons. The maximum Gasteiger partial charge on any atom is 0.211 e.